The molecule has 1 aliphatic heterocycles. The SMILES string of the molecule is CO[Si](C)(CCCNC[SiH2]C(CCCCCN1CCN(C)CC1)[Si](OC)(OC)OC)OC. The molecule has 8 nitrogen and oxygen atoms in total. The molecule has 0 saturated carbocycles. The van der Waals surface area contributed by atoms with Crippen molar-refractivity contribution in [2.75, 3.05) is 88.0 Å². The van der Waals surface area contributed by atoms with E-state index in [9.17, 15) is 0 Å². The molecule has 1 rings (SSSR count). The first-order valence-electron chi connectivity index (χ1n) is 12.3. The lowest BCUT2D eigenvalue weighted by atomic mass is 10.2. The number of unbranched alkanes of at least 4 members (excludes halogenated alkanes) is 2. The molecule has 1 N–H and O–H groups in total. The summed E-state index contributed by atoms with van der Waals surface area (Å²) in [5.41, 5.74) is 0. The Morgan fingerprint density at radius 3 is 2.03 bits per heavy atom. The molecule has 192 valence electrons. The molecule has 1 unspecified atom stereocenters. The van der Waals surface area contributed by atoms with Crippen LogP contribution < -0.4 is 5.32 Å². The van der Waals surface area contributed by atoms with E-state index in [1.54, 1.807) is 35.5 Å². The molecular weight excluding hydrogens is 459 g/mol. The molecule has 1 heterocycles. The second kappa shape index (κ2) is 16.9. The predicted octanol–water partition coefficient (Wildman–Crippen LogP) is 1.47. The Hall–Kier alpha value is 0.331. The lowest BCUT2D eigenvalue weighted by molar-refractivity contribution is 0.118. The first kappa shape index (κ1) is 30.4. The third kappa shape index (κ3) is 10.7. The normalized spacial score (nSPS) is 18.1. The van der Waals surface area contributed by atoms with Crippen LogP contribution in [0.4, 0.5) is 0 Å². The summed E-state index contributed by atoms with van der Waals surface area (Å²) in [6, 6.07) is 1.01. The molecule has 0 spiro atoms. The van der Waals surface area contributed by atoms with Crippen molar-refractivity contribution in [2.24, 2.45) is 0 Å². The summed E-state index contributed by atoms with van der Waals surface area (Å²) in [5.74, 6) is 0. The van der Waals surface area contributed by atoms with Gasteiger partial charge in [-0.05, 0) is 58.2 Å². The average Bonchev–Trinajstić information content (AvgIpc) is 2.82. The van der Waals surface area contributed by atoms with E-state index in [-0.39, 0.29) is 0 Å². The van der Waals surface area contributed by atoms with Crippen LogP contribution in [0.3, 0.4) is 0 Å². The van der Waals surface area contributed by atoms with E-state index >= 15 is 0 Å². The highest BCUT2D eigenvalue weighted by molar-refractivity contribution is 6.73. The number of nitrogens with zero attached hydrogens (tertiary/aromatic N) is 2. The van der Waals surface area contributed by atoms with Gasteiger partial charge in [0, 0.05) is 76.4 Å². The number of hydrogen-bond acceptors (Lipinski definition) is 8. The summed E-state index contributed by atoms with van der Waals surface area (Å²) in [7, 11) is 6.02. The van der Waals surface area contributed by atoms with Gasteiger partial charge in [-0.3, -0.25) is 0 Å². The number of piperazine rings is 1. The van der Waals surface area contributed by atoms with Crippen LogP contribution in [-0.4, -0.2) is 125 Å². The van der Waals surface area contributed by atoms with Gasteiger partial charge in [-0.1, -0.05) is 12.8 Å². The highest BCUT2D eigenvalue weighted by Crippen LogP contribution is 2.28. The molecule has 32 heavy (non-hydrogen) atoms. The van der Waals surface area contributed by atoms with Crippen molar-refractivity contribution >= 4 is 26.9 Å². The third-order valence-electron chi connectivity index (χ3n) is 6.99. The fourth-order valence-corrected chi connectivity index (χ4v) is 12.6. The van der Waals surface area contributed by atoms with Crippen LogP contribution in [0, 0.1) is 0 Å². The number of likely N-dealkylation sites (N-methyl/N-ethyl adjacent to an activating group) is 1. The number of nitrogens with one attached hydrogen (secondary N) is 1. The summed E-state index contributed by atoms with van der Waals surface area (Å²) in [6.45, 7) is 9.16. The monoisotopic (exact) mass is 509 g/mol. The minimum Gasteiger partial charge on any atom is -0.398 e. The highest BCUT2D eigenvalue weighted by atomic mass is 28.4. The fourth-order valence-electron chi connectivity index (χ4n) is 4.45. The summed E-state index contributed by atoms with van der Waals surface area (Å²) in [4.78, 5) is 5.02. The first-order chi connectivity index (χ1) is 15.4. The molecule has 0 aliphatic carbocycles. The number of hydrogen-bond donors (Lipinski definition) is 1. The molecule has 0 aromatic rings. The lowest BCUT2D eigenvalue weighted by Gasteiger charge is -2.33. The van der Waals surface area contributed by atoms with Crippen molar-refractivity contribution in [3.63, 3.8) is 0 Å². The standard InChI is InChI=1S/C21H51N3O5Si3/c1-23-15-17-24(18-16-23)14-10-8-9-12-21(32(27-4,28-5)29-6)30-20-22-13-11-19-31(7,25-2)26-3/h21-22H,8-20,30H2,1-7H3. The Balaban J connectivity index is 2.36. The van der Waals surface area contributed by atoms with E-state index in [4.69, 9.17) is 22.1 Å². The van der Waals surface area contributed by atoms with E-state index in [0.29, 0.717) is 5.16 Å². The topological polar surface area (TPSA) is 64.7 Å². The second-order valence-electron chi connectivity index (χ2n) is 9.09. The van der Waals surface area contributed by atoms with Gasteiger partial charge < -0.3 is 37.2 Å². The minimum absolute atomic E-state index is 0.435. The van der Waals surface area contributed by atoms with Crippen molar-refractivity contribution in [1.82, 2.24) is 15.1 Å². The Kier molecular flexibility index (Phi) is 16.0. The van der Waals surface area contributed by atoms with E-state index in [1.807, 2.05) is 0 Å². The molecule has 1 aliphatic rings. The molecule has 1 fully saturated rings. The second-order valence-corrected chi connectivity index (χ2v) is 18.8. The summed E-state index contributed by atoms with van der Waals surface area (Å²) >= 11 is 0. The van der Waals surface area contributed by atoms with Gasteiger partial charge in [0.15, 0.2) is 0 Å². The van der Waals surface area contributed by atoms with E-state index in [1.165, 1.54) is 52.0 Å². The van der Waals surface area contributed by atoms with Crippen LogP contribution in [0.1, 0.15) is 32.1 Å². The zero-order chi connectivity index (χ0) is 23.9. The van der Waals surface area contributed by atoms with Crippen LogP contribution in [0.15, 0.2) is 0 Å². The Morgan fingerprint density at radius 1 is 0.844 bits per heavy atom. The largest absolute Gasteiger partial charge is 0.500 e. The Labute approximate surface area is 202 Å². The molecule has 0 bridgehead atoms. The van der Waals surface area contributed by atoms with E-state index < -0.39 is 26.9 Å². The van der Waals surface area contributed by atoms with Crippen molar-refractivity contribution in [3.8, 4) is 0 Å². The predicted molar refractivity (Wildman–Crippen MR) is 139 cm³/mol. The molecule has 0 amide bonds. The molecule has 1 atom stereocenters. The minimum atomic E-state index is -2.58. The van der Waals surface area contributed by atoms with Gasteiger partial charge in [0.25, 0.3) is 0 Å². The molecule has 11 heteroatoms. The summed E-state index contributed by atoms with van der Waals surface area (Å²) in [5, 5.41) is 4.10. The maximum absolute atomic E-state index is 5.87. The number of rotatable bonds is 19. The van der Waals surface area contributed by atoms with Crippen molar-refractivity contribution < 1.29 is 22.1 Å². The van der Waals surface area contributed by atoms with Crippen molar-refractivity contribution in [3.05, 3.63) is 0 Å². The average molecular weight is 510 g/mol. The van der Waals surface area contributed by atoms with Crippen LogP contribution in [0.25, 0.3) is 0 Å². The third-order valence-corrected chi connectivity index (χ3v) is 17.1. The zero-order valence-corrected chi connectivity index (χ0v) is 25.3. The van der Waals surface area contributed by atoms with Gasteiger partial charge >= 0.3 is 17.4 Å². The van der Waals surface area contributed by atoms with Gasteiger partial charge in [-0.15, -0.1) is 0 Å². The first-order valence-corrected chi connectivity index (χ1v) is 18.4. The molecule has 1 saturated heterocycles. The highest BCUT2D eigenvalue weighted by Gasteiger charge is 2.46. The maximum Gasteiger partial charge on any atom is 0.500 e. The van der Waals surface area contributed by atoms with Crippen molar-refractivity contribution in [1.29, 1.82) is 0 Å². The van der Waals surface area contributed by atoms with Crippen LogP contribution in [-0.2, 0) is 22.1 Å². The van der Waals surface area contributed by atoms with Crippen LogP contribution in [0.2, 0.25) is 17.8 Å². The van der Waals surface area contributed by atoms with Gasteiger partial charge in [0.1, 0.15) is 0 Å². The molecule has 0 aromatic carbocycles. The molecule has 0 radical (unpaired) electrons. The lowest BCUT2D eigenvalue weighted by Crippen LogP contribution is -2.51. The smallest absolute Gasteiger partial charge is 0.398 e. The molecule has 0 aromatic heterocycles. The molecular formula is C21H51N3O5Si3. The van der Waals surface area contributed by atoms with Crippen molar-refractivity contribution in [2.45, 2.75) is 49.9 Å². The quantitative estimate of drug-likeness (QED) is 0.207. The van der Waals surface area contributed by atoms with Gasteiger partial charge in [0.05, 0.1) is 0 Å². The van der Waals surface area contributed by atoms with E-state index in [0.717, 1.165) is 31.6 Å². The van der Waals surface area contributed by atoms with E-state index in [2.05, 4.69) is 28.7 Å². The Morgan fingerprint density at radius 2 is 1.47 bits per heavy atom. The van der Waals surface area contributed by atoms with Gasteiger partial charge in [-0.25, -0.2) is 0 Å². The fraction of sp³-hybridized carbons (Fsp3) is 1.00. The van der Waals surface area contributed by atoms with Gasteiger partial charge in [-0.2, -0.15) is 0 Å². The summed E-state index contributed by atoms with van der Waals surface area (Å²) < 4.78 is 28.8. The van der Waals surface area contributed by atoms with Crippen LogP contribution in [0.5, 0.6) is 0 Å². The zero-order valence-electron chi connectivity index (χ0n) is 21.9. The Bertz CT molecular complexity index is 458. The van der Waals surface area contributed by atoms with Gasteiger partial charge in [0.2, 0.25) is 0 Å². The summed E-state index contributed by atoms with van der Waals surface area (Å²) in [6.07, 6.45) is 7.08. The maximum atomic E-state index is 5.87. The van der Waals surface area contributed by atoms with Crippen LogP contribution >= 0.6 is 0 Å².